The fourth-order valence-electron chi connectivity index (χ4n) is 6.55. The molecule has 202 valence electrons. The van der Waals surface area contributed by atoms with Gasteiger partial charge in [0.05, 0.1) is 18.1 Å². The van der Waals surface area contributed by atoms with Crippen LogP contribution in [0.25, 0.3) is 0 Å². The zero-order valence-electron chi connectivity index (χ0n) is 22.2. The molecule has 3 rings (SSSR count). The van der Waals surface area contributed by atoms with Crippen molar-refractivity contribution in [1.29, 1.82) is 0 Å². The number of hydrogen-bond donors (Lipinski definition) is 1. The van der Waals surface area contributed by atoms with Crippen LogP contribution in [0.4, 0.5) is 0 Å². The maximum absolute atomic E-state index is 14.2. The van der Waals surface area contributed by atoms with E-state index in [1.54, 1.807) is 15.9 Å². The fourth-order valence-corrected chi connectivity index (χ4v) is 6.55. The van der Waals surface area contributed by atoms with Gasteiger partial charge in [0.1, 0.15) is 17.6 Å². The average Bonchev–Trinajstić information content (AvgIpc) is 3.41. The van der Waals surface area contributed by atoms with Crippen molar-refractivity contribution < 1.29 is 29.0 Å². The molecule has 0 radical (unpaired) electrons. The highest BCUT2D eigenvalue weighted by atomic mass is 16.6. The first-order valence-corrected chi connectivity index (χ1v) is 13.5. The van der Waals surface area contributed by atoms with Crippen LogP contribution in [-0.2, 0) is 23.9 Å². The van der Waals surface area contributed by atoms with E-state index in [0.717, 1.165) is 32.1 Å². The molecule has 36 heavy (non-hydrogen) atoms. The standard InChI is InChI=1S/C28H44N2O6/c1-6-9-10-11-19-35-26(34)22-21-24(32)30(17-12-18-31)23(28(21)15-14-27(22,5)36-28)25(33)29(16-8-3)20(4)13-7-2/h6,8,20-23,31H,1,3,7,9-19H2,2,4-5H3/t20?,21-,22-,23?,27+,28?/m0/s1. The minimum atomic E-state index is -1.07. The zero-order chi connectivity index (χ0) is 26.5. The van der Waals surface area contributed by atoms with Gasteiger partial charge in [-0.1, -0.05) is 25.5 Å². The highest BCUT2D eigenvalue weighted by Gasteiger charge is 2.78. The van der Waals surface area contributed by atoms with Gasteiger partial charge in [0.2, 0.25) is 11.8 Å². The lowest BCUT2D eigenvalue weighted by atomic mass is 9.66. The molecule has 0 aromatic rings. The second kappa shape index (κ2) is 11.9. The summed E-state index contributed by atoms with van der Waals surface area (Å²) in [6.07, 6.45) is 9.19. The van der Waals surface area contributed by atoms with Crippen LogP contribution in [-0.4, -0.2) is 82.3 Å². The number of hydrogen-bond acceptors (Lipinski definition) is 6. The summed E-state index contributed by atoms with van der Waals surface area (Å²) in [5.41, 5.74) is -1.92. The Hall–Kier alpha value is -2.19. The molecule has 0 aromatic heterocycles. The van der Waals surface area contributed by atoms with Gasteiger partial charge in [-0.15, -0.1) is 13.2 Å². The van der Waals surface area contributed by atoms with Crippen molar-refractivity contribution in [3.8, 4) is 0 Å². The molecule has 3 aliphatic rings. The SMILES string of the molecule is C=CCCCCOC(=O)[C@@H]1[C@H]2C(=O)N(CCCO)C(C(=O)N(CC=C)C(C)CCC)C23CC[C@@]1(C)O3. The Morgan fingerprint density at radius 1 is 1.28 bits per heavy atom. The van der Waals surface area contributed by atoms with Crippen molar-refractivity contribution in [3.05, 3.63) is 25.3 Å². The third kappa shape index (κ3) is 4.99. The van der Waals surface area contributed by atoms with Crippen molar-refractivity contribution in [1.82, 2.24) is 9.80 Å². The normalized spacial score (nSPS) is 31.3. The molecule has 3 heterocycles. The third-order valence-corrected chi connectivity index (χ3v) is 8.22. The fraction of sp³-hybridized carbons (Fsp3) is 0.750. The van der Waals surface area contributed by atoms with Crippen LogP contribution >= 0.6 is 0 Å². The lowest BCUT2D eigenvalue weighted by Crippen LogP contribution is -2.58. The molecule has 2 amide bonds. The third-order valence-electron chi connectivity index (χ3n) is 8.22. The predicted molar refractivity (Wildman–Crippen MR) is 137 cm³/mol. The molecule has 3 aliphatic heterocycles. The number of aliphatic hydroxyl groups excluding tert-OH is 1. The molecule has 0 aromatic carbocycles. The molecule has 0 saturated carbocycles. The van der Waals surface area contributed by atoms with E-state index in [1.165, 1.54) is 0 Å². The molecule has 0 aliphatic carbocycles. The monoisotopic (exact) mass is 504 g/mol. The first-order valence-electron chi connectivity index (χ1n) is 13.5. The summed E-state index contributed by atoms with van der Waals surface area (Å²) in [6, 6.07) is -0.871. The second-order valence-electron chi connectivity index (χ2n) is 10.7. The second-order valence-corrected chi connectivity index (χ2v) is 10.7. The predicted octanol–water partition coefficient (Wildman–Crippen LogP) is 3.24. The van der Waals surface area contributed by atoms with Gasteiger partial charge in [0, 0.05) is 25.7 Å². The number of amides is 2. The van der Waals surface area contributed by atoms with Crippen molar-refractivity contribution in [2.75, 3.05) is 26.3 Å². The van der Waals surface area contributed by atoms with E-state index in [9.17, 15) is 19.5 Å². The molecule has 1 N–H and O–H groups in total. The van der Waals surface area contributed by atoms with Gasteiger partial charge in [-0.05, 0) is 58.8 Å². The minimum Gasteiger partial charge on any atom is -0.465 e. The van der Waals surface area contributed by atoms with Crippen LogP contribution in [0.15, 0.2) is 25.3 Å². The molecular weight excluding hydrogens is 460 g/mol. The largest absolute Gasteiger partial charge is 0.465 e. The van der Waals surface area contributed by atoms with Crippen LogP contribution in [0.3, 0.4) is 0 Å². The van der Waals surface area contributed by atoms with Crippen LogP contribution in [0, 0.1) is 11.8 Å². The molecular formula is C28H44N2O6. The van der Waals surface area contributed by atoms with Crippen molar-refractivity contribution in [2.45, 2.75) is 95.4 Å². The van der Waals surface area contributed by atoms with Gasteiger partial charge in [-0.25, -0.2) is 0 Å². The van der Waals surface area contributed by atoms with E-state index in [2.05, 4.69) is 20.1 Å². The van der Waals surface area contributed by atoms with E-state index in [1.807, 2.05) is 19.9 Å². The van der Waals surface area contributed by atoms with Gasteiger partial charge >= 0.3 is 5.97 Å². The van der Waals surface area contributed by atoms with Crippen LogP contribution in [0.1, 0.15) is 72.1 Å². The summed E-state index contributed by atoms with van der Waals surface area (Å²) < 4.78 is 12.3. The number of nitrogens with zero attached hydrogens (tertiary/aromatic N) is 2. The molecule has 1 spiro atoms. The van der Waals surface area contributed by atoms with E-state index in [-0.39, 0.29) is 37.6 Å². The number of likely N-dealkylation sites (tertiary alicyclic amines) is 1. The van der Waals surface area contributed by atoms with E-state index in [0.29, 0.717) is 25.8 Å². The molecule has 8 heteroatoms. The Labute approximate surface area is 215 Å². The van der Waals surface area contributed by atoms with Gasteiger partial charge < -0.3 is 24.4 Å². The van der Waals surface area contributed by atoms with E-state index < -0.39 is 35.0 Å². The lowest BCUT2D eigenvalue weighted by Gasteiger charge is -2.39. The van der Waals surface area contributed by atoms with Gasteiger partial charge in [-0.2, -0.15) is 0 Å². The van der Waals surface area contributed by atoms with Gasteiger partial charge in [0.25, 0.3) is 0 Å². The Kier molecular flexibility index (Phi) is 9.39. The number of carbonyl (C=O) groups is 3. The number of carbonyl (C=O) groups excluding carboxylic acids is 3. The Bertz CT molecular complexity index is 846. The molecule has 3 unspecified atom stereocenters. The lowest BCUT2D eigenvalue weighted by molar-refractivity contribution is -0.160. The summed E-state index contributed by atoms with van der Waals surface area (Å²) in [6.45, 7) is 14.3. The summed E-state index contributed by atoms with van der Waals surface area (Å²) >= 11 is 0. The Morgan fingerprint density at radius 2 is 2.03 bits per heavy atom. The molecule has 3 saturated heterocycles. The van der Waals surface area contributed by atoms with Crippen LogP contribution < -0.4 is 0 Å². The molecule has 2 bridgehead atoms. The van der Waals surface area contributed by atoms with Crippen molar-refractivity contribution in [3.63, 3.8) is 0 Å². The number of fused-ring (bicyclic) bond motifs is 1. The summed E-state index contributed by atoms with van der Waals surface area (Å²) in [5.74, 6) is -2.37. The smallest absolute Gasteiger partial charge is 0.312 e. The summed E-state index contributed by atoms with van der Waals surface area (Å²) in [7, 11) is 0. The molecule has 8 nitrogen and oxygen atoms in total. The first-order chi connectivity index (χ1) is 17.2. The summed E-state index contributed by atoms with van der Waals surface area (Å²) in [5, 5.41) is 9.50. The van der Waals surface area contributed by atoms with Gasteiger partial charge in [-0.3, -0.25) is 14.4 Å². The average molecular weight is 505 g/mol. The Balaban J connectivity index is 1.94. The molecule has 3 fully saturated rings. The number of esters is 1. The van der Waals surface area contributed by atoms with Gasteiger partial charge in [0.15, 0.2) is 0 Å². The number of allylic oxidation sites excluding steroid dienone is 1. The number of ether oxygens (including phenoxy) is 2. The van der Waals surface area contributed by atoms with Crippen molar-refractivity contribution >= 4 is 17.8 Å². The Morgan fingerprint density at radius 3 is 2.67 bits per heavy atom. The minimum absolute atomic E-state index is 0.0312. The number of aliphatic hydroxyl groups is 1. The van der Waals surface area contributed by atoms with Crippen molar-refractivity contribution in [2.24, 2.45) is 11.8 Å². The zero-order valence-corrected chi connectivity index (χ0v) is 22.2. The topological polar surface area (TPSA) is 96.4 Å². The van der Waals surface area contributed by atoms with Crippen LogP contribution in [0.5, 0.6) is 0 Å². The highest BCUT2D eigenvalue weighted by molar-refractivity contribution is 5.98. The number of unbranched alkanes of at least 4 members (excludes halogenated alkanes) is 2. The maximum atomic E-state index is 14.2. The van der Waals surface area contributed by atoms with Crippen LogP contribution in [0.2, 0.25) is 0 Å². The first kappa shape index (κ1) is 28.4. The molecule has 6 atom stereocenters. The van der Waals surface area contributed by atoms with E-state index in [4.69, 9.17) is 9.47 Å². The maximum Gasteiger partial charge on any atom is 0.312 e. The summed E-state index contributed by atoms with van der Waals surface area (Å²) in [4.78, 5) is 44.7. The highest BCUT2D eigenvalue weighted by Crippen LogP contribution is 2.63. The van der Waals surface area contributed by atoms with E-state index >= 15 is 0 Å². The quantitative estimate of drug-likeness (QED) is 0.209. The number of rotatable bonds is 15.